The van der Waals surface area contributed by atoms with Gasteiger partial charge in [-0.3, -0.25) is 0 Å². The van der Waals surface area contributed by atoms with Gasteiger partial charge >= 0.3 is 0 Å². The van der Waals surface area contributed by atoms with Crippen molar-refractivity contribution in [2.45, 2.75) is 0 Å². The van der Waals surface area contributed by atoms with Crippen LogP contribution in [0.3, 0.4) is 0 Å². The van der Waals surface area contributed by atoms with E-state index in [-0.39, 0.29) is 0 Å². The Morgan fingerprint density at radius 2 is 0.540 bits per heavy atom. The topological polar surface area (TPSA) is 14.8 Å². The van der Waals surface area contributed by atoms with Crippen molar-refractivity contribution in [1.29, 1.82) is 0 Å². The zero-order chi connectivity index (χ0) is 41.4. The van der Waals surface area contributed by atoms with Crippen LogP contribution < -0.4 is 0 Å². The fourth-order valence-corrected chi connectivity index (χ4v) is 10.2. The Morgan fingerprint density at radius 3 is 1.03 bits per heavy atom. The van der Waals surface area contributed by atoms with Crippen molar-refractivity contribution < 1.29 is 0 Å². The third-order valence-electron chi connectivity index (χ3n) is 13.0. The van der Waals surface area contributed by atoms with Crippen molar-refractivity contribution in [3.8, 4) is 50.4 Å². The van der Waals surface area contributed by atoms with Crippen molar-refractivity contribution in [2.75, 3.05) is 0 Å². The summed E-state index contributed by atoms with van der Waals surface area (Å²) < 4.78 is 7.26. The summed E-state index contributed by atoms with van der Waals surface area (Å²) in [5.74, 6) is 0. The third-order valence-corrected chi connectivity index (χ3v) is 13.0. The molecule has 63 heavy (non-hydrogen) atoms. The monoisotopic (exact) mass is 801 g/mol. The van der Waals surface area contributed by atoms with Crippen LogP contribution in [-0.4, -0.2) is 13.7 Å². The normalized spacial score (nSPS) is 11.8. The second-order valence-corrected chi connectivity index (χ2v) is 16.6. The number of para-hydroxylation sites is 4. The smallest absolute Gasteiger partial charge is 0.0542 e. The number of rotatable bonds is 6. The van der Waals surface area contributed by atoms with Crippen LogP contribution in [0, 0.1) is 0 Å². The zero-order valence-electron chi connectivity index (χ0n) is 34.4. The molecule has 0 N–H and O–H groups in total. The summed E-state index contributed by atoms with van der Waals surface area (Å²) >= 11 is 0. The third kappa shape index (κ3) is 5.60. The molecule has 0 fully saturated rings. The van der Waals surface area contributed by atoms with E-state index in [0.29, 0.717) is 0 Å². The van der Waals surface area contributed by atoms with Gasteiger partial charge in [0.15, 0.2) is 0 Å². The minimum absolute atomic E-state index is 1.14. The Labute approximate surface area is 364 Å². The number of hydrogen-bond donors (Lipinski definition) is 0. The molecule has 3 nitrogen and oxygen atoms in total. The maximum Gasteiger partial charge on any atom is 0.0542 e. The van der Waals surface area contributed by atoms with E-state index in [1.54, 1.807) is 0 Å². The van der Waals surface area contributed by atoms with Gasteiger partial charge in [0.25, 0.3) is 0 Å². The van der Waals surface area contributed by atoms with Crippen LogP contribution in [0.15, 0.2) is 237 Å². The minimum atomic E-state index is 1.14. The van der Waals surface area contributed by atoms with Gasteiger partial charge in [0.05, 0.1) is 33.1 Å². The minimum Gasteiger partial charge on any atom is -0.309 e. The Hall–Kier alpha value is -8.40. The van der Waals surface area contributed by atoms with Crippen molar-refractivity contribution in [3.05, 3.63) is 237 Å². The lowest BCUT2D eigenvalue weighted by molar-refractivity contribution is 1.17. The second-order valence-electron chi connectivity index (χ2n) is 16.6. The number of hydrogen-bond acceptors (Lipinski definition) is 0. The fourth-order valence-electron chi connectivity index (χ4n) is 10.2. The molecule has 0 radical (unpaired) electrons. The largest absolute Gasteiger partial charge is 0.309 e. The molecule has 13 rings (SSSR count). The maximum atomic E-state index is 2.44. The summed E-state index contributed by atoms with van der Waals surface area (Å²) in [7, 11) is 0. The molecule has 0 aliphatic rings. The highest BCUT2D eigenvalue weighted by Crippen LogP contribution is 2.41. The molecule has 0 saturated carbocycles. The van der Waals surface area contributed by atoms with Crippen LogP contribution in [0.1, 0.15) is 0 Å². The SMILES string of the molecule is c1ccc(-c2cc(-c3ccccc3)cc(-n3c4ccccc4c4cc(-c5ccc6c(c5)c5ccccc5n6-c5ccc6c(c5)c5ccccc5n6-c5ccccc5)ccc43)c2)cc1. The molecule has 0 atom stereocenters. The van der Waals surface area contributed by atoms with E-state index in [9.17, 15) is 0 Å². The summed E-state index contributed by atoms with van der Waals surface area (Å²) in [6.45, 7) is 0. The molecule has 0 spiro atoms. The summed E-state index contributed by atoms with van der Waals surface area (Å²) in [4.78, 5) is 0. The van der Waals surface area contributed by atoms with E-state index in [4.69, 9.17) is 0 Å². The Kier molecular flexibility index (Phi) is 7.91. The molecule has 0 bridgehead atoms. The van der Waals surface area contributed by atoms with Crippen LogP contribution in [0.4, 0.5) is 0 Å². The van der Waals surface area contributed by atoms with Gasteiger partial charge in [0, 0.05) is 49.4 Å². The molecule has 0 aliphatic carbocycles. The average Bonchev–Trinajstić information content (AvgIpc) is 3.99. The Balaban J connectivity index is 0.966. The van der Waals surface area contributed by atoms with Gasteiger partial charge < -0.3 is 13.7 Å². The van der Waals surface area contributed by atoms with Gasteiger partial charge in [-0.15, -0.1) is 0 Å². The van der Waals surface area contributed by atoms with Crippen LogP contribution in [0.2, 0.25) is 0 Å². The van der Waals surface area contributed by atoms with E-state index < -0.39 is 0 Å². The summed E-state index contributed by atoms with van der Waals surface area (Å²) in [6.07, 6.45) is 0. The van der Waals surface area contributed by atoms with E-state index in [1.165, 1.54) is 98.8 Å². The van der Waals surface area contributed by atoms with Crippen molar-refractivity contribution in [1.82, 2.24) is 13.7 Å². The molecule has 3 heterocycles. The van der Waals surface area contributed by atoms with Crippen molar-refractivity contribution in [2.24, 2.45) is 0 Å². The molecule has 0 aliphatic heterocycles. The lowest BCUT2D eigenvalue weighted by atomic mass is 9.98. The number of benzene rings is 10. The fraction of sp³-hybridized carbons (Fsp3) is 0. The summed E-state index contributed by atoms with van der Waals surface area (Å²) in [6, 6.07) is 86.5. The molecule has 10 aromatic carbocycles. The van der Waals surface area contributed by atoms with Gasteiger partial charge in [0.2, 0.25) is 0 Å². The number of nitrogens with zero attached hydrogens (tertiary/aromatic N) is 3. The van der Waals surface area contributed by atoms with E-state index in [1.807, 2.05) is 0 Å². The molecular formula is C60H39N3. The van der Waals surface area contributed by atoms with Gasteiger partial charge in [0.1, 0.15) is 0 Å². The van der Waals surface area contributed by atoms with Gasteiger partial charge in [-0.25, -0.2) is 0 Å². The molecule has 3 heteroatoms. The van der Waals surface area contributed by atoms with E-state index >= 15 is 0 Å². The van der Waals surface area contributed by atoms with Gasteiger partial charge in [-0.2, -0.15) is 0 Å². The molecule has 13 aromatic rings. The highest BCUT2D eigenvalue weighted by Gasteiger charge is 2.19. The molecule has 294 valence electrons. The second kappa shape index (κ2) is 14.1. The predicted octanol–water partition coefficient (Wildman–Crippen LogP) is 16.0. The first-order chi connectivity index (χ1) is 31.2. The van der Waals surface area contributed by atoms with E-state index in [0.717, 1.165) is 17.1 Å². The molecule has 3 aromatic heterocycles. The standard InChI is InChI=1S/C60H39N3/c1-4-16-40(17-5-1)44-34-45(41-18-6-2-7-19-41)36-48(35-44)63-57-27-15-11-23-50(57)53-38-43(29-32-59(53)63)42-28-31-58-52(37-42)49-22-10-14-26-56(49)62(58)47-30-33-60-54(39-47)51-24-12-13-25-55(51)61(60)46-20-8-3-9-21-46/h1-39H. The van der Waals surface area contributed by atoms with Crippen molar-refractivity contribution in [3.63, 3.8) is 0 Å². The predicted molar refractivity (Wildman–Crippen MR) is 266 cm³/mol. The van der Waals surface area contributed by atoms with Crippen LogP contribution >= 0.6 is 0 Å². The first-order valence-corrected chi connectivity index (χ1v) is 21.7. The Bertz CT molecular complexity index is 3830. The number of fused-ring (bicyclic) bond motifs is 9. The molecule has 0 amide bonds. The Morgan fingerprint density at radius 1 is 0.175 bits per heavy atom. The lowest BCUT2D eigenvalue weighted by Gasteiger charge is -2.14. The highest BCUT2D eigenvalue weighted by molar-refractivity contribution is 6.14. The molecule has 0 unspecified atom stereocenters. The first-order valence-electron chi connectivity index (χ1n) is 21.7. The quantitative estimate of drug-likeness (QED) is 0.159. The van der Waals surface area contributed by atoms with E-state index in [2.05, 4.69) is 250 Å². The number of aromatic nitrogens is 3. The van der Waals surface area contributed by atoms with Gasteiger partial charge in [-0.05, 0) is 124 Å². The van der Waals surface area contributed by atoms with Crippen molar-refractivity contribution >= 4 is 65.4 Å². The maximum absolute atomic E-state index is 2.44. The summed E-state index contributed by atoms with van der Waals surface area (Å²) in [5, 5.41) is 7.45. The molecule has 0 saturated heterocycles. The highest BCUT2D eigenvalue weighted by atomic mass is 15.0. The van der Waals surface area contributed by atoms with Crippen LogP contribution in [0.5, 0.6) is 0 Å². The van der Waals surface area contributed by atoms with Crippen LogP contribution in [0.25, 0.3) is 116 Å². The van der Waals surface area contributed by atoms with Gasteiger partial charge in [-0.1, -0.05) is 146 Å². The zero-order valence-corrected chi connectivity index (χ0v) is 34.4. The lowest BCUT2D eigenvalue weighted by Crippen LogP contribution is -1.96. The average molecular weight is 802 g/mol. The first kappa shape index (κ1) is 35.4. The summed E-state index contributed by atoms with van der Waals surface area (Å²) in [5.41, 5.74) is 17.8. The van der Waals surface area contributed by atoms with Crippen LogP contribution in [-0.2, 0) is 0 Å². The molecular weight excluding hydrogens is 763 g/mol.